The number of rotatable bonds is 5. The summed E-state index contributed by atoms with van der Waals surface area (Å²) in [6.45, 7) is -0.692. The van der Waals surface area contributed by atoms with Crippen molar-refractivity contribution in [2.24, 2.45) is 0 Å². The van der Waals surface area contributed by atoms with Crippen LogP contribution in [0.3, 0.4) is 0 Å². The number of hydrogen-bond donors (Lipinski definition) is 5. The molecule has 0 aliphatic carbocycles. The molecule has 0 saturated carbocycles. The van der Waals surface area contributed by atoms with Crippen LogP contribution in [0.15, 0.2) is 0 Å². The summed E-state index contributed by atoms with van der Waals surface area (Å²) in [6, 6.07) is 0. The van der Waals surface area contributed by atoms with Crippen molar-refractivity contribution in [2.45, 2.75) is 24.4 Å². The van der Waals surface area contributed by atoms with Crippen LogP contribution in [0.2, 0.25) is 0 Å². The minimum absolute atomic E-state index is 0. The number of aliphatic hydroxyl groups is 5. The molecule has 0 aliphatic heterocycles. The third-order valence-electron chi connectivity index (χ3n) is 1.42. The van der Waals surface area contributed by atoms with Gasteiger partial charge in [0.15, 0.2) is 0 Å². The molecule has 0 heterocycles. The first kappa shape index (κ1) is 24.9. The van der Waals surface area contributed by atoms with Gasteiger partial charge in [-0.05, 0) is 0 Å². The van der Waals surface area contributed by atoms with Gasteiger partial charge in [0.2, 0.25) is 0 Å². The van der Waals surface area contributed by atoms with Gasteiger partial charge < -0.3 is 36.5 Å². The summed E-state index contributed by atoms with van der Waals surface area (Å²) in [7, 11) is 0. The van der Waals surface area contributed by atoms with Gasteiger partial charge in [0.05, 0.1) is 6.61 Å². The van der Waals surface area contributed by atoms with Crippen LogP contribution in [0, 0.1) is 0 Å². The molecule has 0 aromatic heterocycles. The van der Waals surface area contributed by atoms with E-state index in [4.69, 9.17) is 25.5 Å². The molecule has 0 aromatic carbocycles. The topological polar surface area (TPSA) is 164 Å². The van der Waals surface area contributed by atoms with Gasteiger partial charge in [-0.15, -0.1) is 0 Å². The van der Waals surface area contributed by atoms with Crippen molar-refractivity contribution in [2.75, 3.05) is 6.61 Å². The average Bonchev–Trinajstić information content (AvgIpc) is 2.12. The zero-order valence-corrected chi connectivity index (χ0v) is 8.05. The summed E-state index contributed by atoms with van der Waals surface area (Å²) < 4.78 is 0. The molecule has 4 atom stereocenters. The first-order valence-corrected chi connectivity index (χ1v) is 3.80. The van der Waals surface area contributed by atoms with E-state index < -0.39 is 31.0 Å². The average molecular weight is 256 g/mol. The zero-order valence-electron chi connectivity index (χ0n) is 7.24. The Morgan fingerprint density at radius 3 is 1.67 bits per heavy atom. The quantitative estimate of drug-likeness (QED) is 0.244. The fourth-order valence-corrected chi connectivity index (χ4v) is 0.779. The van der Waals surface area contributed by atoms with E-state index in [-0.39, 0.29) is 40.5 Å². The van der Waals surface area contributed by atoms with Crippen molar-refractivity contribution in [1.29, 1.82) is 0 Å². The van der Waals surface area contributed by atoms with Gasteiger partial charge in [-0.2, -0.15) is 0 Å². The van der Waals surface area contributed by atoms with E-state index in [0.717, 1.165) is 5.37 Å². The molecular weight excluding hydrogens is 239 g/mol. The first-order valence-electron chi connectivity index (χ1n) is 3.33. The third-order valence-corrected chi connectivity index (χ3v) is 1.70. The van der Waals surface area contributed by atoms with Crippen LogP contribution < -0.4 is 0 Å². The molecule has 9 heteroatoms. The summed E-state index contributed by atoms with van der Waals surface area (Å²) in [6.07, 6.45) is -6.06. The predicted molar refractivity (Wildman–Crippen MR) is 59.1 cm³/mol. The SMILES string of the molecule is O.O.OC[C@@H](O)[C@@H](O)[C@H](O)[C@@H](O)C=S.[NaH]. The van der Waals surface area contributed by atoms with E-state index in [1.165, 1.54) is 0 Å². The predicted octanol–water partition coefficient (Wildman–Crippen LogP) is -4.88. The van der Waals surface area contributed by atoms with Crippen LogP contribution in [0.5, 0.6) is 0 Å². The van der Waals surface area contributed by atoms with Gasteiger partial charge in [0, 0.05) is 5.37 Å². The minimum atomic E-state index is -1.61. The van der Waals surface area contributed by atoms with E-state index in [1.807, 2.05) is 0 Å². The Morgan fingerprint density at radius 2 is 1.40 bits per heavy atom. The van der Waals surface area contributed by atoms with E-state index in [0.29, 0.717) is 0 Å². The van der Waals surface area contributed by atoms with Crippen LogP contribution in [0.25, 0.3) is 0 Å². The third kappa shape index (κ3) is 8.60. The number of thiocarbonyl (C=S) groups is 1. The Balaban J connectivity index is -0.000000202. The molecule has 9 N–H and O–H groups in total. The molecule has 0 bridgehead atoms. The molecule has 0 saturated heterocycles. The second-order valence-electron chi connectivity index (χ2n) is 2.36. The molecule has 0 aromatic rings. The Hall–Kier alpha value is 0.810. The Morgan fingerprint density at radius 1 is 1.00 bits per heavy atom. The van der Waals surface area contributed by atoms with Crippen LogP contribution in [-0.4, -0.2) is 102 Å². The van der Waals surface area contributed by atoms with Gasteiger partial charge in [0.25, 0.3) is 0 Å². The van der Waals surface area contributed by atoms with Gasteiger partial charge >= 0.3 is 29.6 Å². The monoisotopic (exact) mass is 256 g/mol. The molecule has 0 spiro atoms. The Kier molecular flexibility index (Phi) is 21.3. The molecule has 90 valence electrons. The van der Waals surface area contributed by atoms with E-state index in [1.54, 1.807) is 0 Å². The fraction of sp³-hybridized carbons (Fsp3) is 0.833. The van der Waals surface area contributed by atoms with E-state index in [2.05, 4.69) is 12.2 Å². The van der Waals surface area contributed by atoms with Gasteiger partial charge in [-0.1, -0.05) is 12.2 Å². The van der Waals surface area contributed by atoms with Crippen molar-refractivity contribution >= 4 is 47.1 Å². The van der Waals surface area contributed by atoms with Gasteiger partial charge in [-0.3, -0.25) is 0 Å². The van der Waals surface area contributed by atoms with Crippen LogP contribution in [0.4, 0.5) is 0 Å². The van der Waals surface area contributed by atoms with Crippen molar-refractivity contribution in [1.82, 2.24) is 0 Å². The molecule has 7 nitrogen and oxygen atoms in total. The molecule has 0 unspecified atom stereocenters. The second-order valence-corrected chi connectivity index (χ2v) is 2.63. The summed E-state index contributed by atoms with van der Waals surface area (Å²) >= 11 is 4.30. The number of aliphatic hydroxyl groups excluding tert-OH is 5. The second kappa shape index (κ2) is 12.9. The first-order chi connectivity index (χ1) is 5.54. The fourth-order valence-electron chi connectivity index (χ4n) is 0.618. The Labute approximate surface area is 114 Å². The van der Waals surface area contributed by atoms with Crippen molar-refractivity contribution in [3.63, 3.8) is 0 Å². The maximum absolute atomic E-state index is 9.02. The summed E-state index contributed by atoms with van der Waals surface area (Å²) in [4.78, 5) is 0. The molecule has 0 amide bonds. The normalized spacial score (nSPS) is 16.9. The van der Waals surface area contributed by atoms with Crippen molar-refractivity contribution < 1.29 is 36.5 Å². The molecule has 15 heavy (non-hydrogen) atoms. The van der Waals surface area contributed by atoms with Crippen molar-refractivity contribution in [3.05, 3.63) is 0 Å². The van der Waals surface area contributed by atoms with Crippen molar-refractivity contribution in [3.8, 4) is 0 Å². The Bertz CT molecular complexity index is 149. The number of hydrogen-bond acceptors (Lipinski definition) is 6. The van der Waals surface area contributed by atoms with E-state index in [9.17, 15) is 0 Å². The van der Waals surface area contributed by atoms with Crippen LogP contribution >= 0.6 is 12.2 Å². The summed E-state index contributed by atoms with van der Waals surface area (Å²) in [5, 5.41) is 44.9. The van der Waals surface area contributed by atoms with Crippen LogP contribution in [-0.2, 0) is 0 Å². The molecule has 0 fully saturated rings. The standard InChI is InChI=1S/C6H12O5S.Na.2H2O.H/c7-1-3(8)5(10)6(11)4(9)2-12;;;;/h2-11H,1H2;;2*1H2;/t3-,4+,5-,6-;;;;/m1..../s1. The van der Waals surface area contributed by atoms with Gasteiger partial charge in [0.1, 0.15) is 24.4 Å². The van der Waals surface area contributed by atoms with Crippen LogP contribution in [0.1, 0.15) is 0 Å². The summed E-state index contributed by atoms with van der Waals surface area (Å²) in [5.74, 6) is 0. The summed E-state index contributed by atoms with van der Waals surface area (Å²) in [5.41, 5.74) is 0. The molecular formula is C6H17NaO7S. The zero-order chi connectivity index (χ0) is 9.72. The maximum atomic E-state index is 9.02. The van der Waals surface area contributed by atoms with E-state index >= 15 is 0 Å². The molecule has 0 radical (unpaired) electrons. The molecule has 0 aliphatic rings. The molecule has 0 rings (SSSR count). The van der Waals surface area contributed by atoms with Gasteiger partial charge in [-0.25, -0.2) is 0 Å².